The standard InChI is InChI=1S/C12H22N2O2/c1-9-10(2)16-7-6-14(9)12(15)8-11-4-3-5-13-11/h9-11,13H,3-8H2,1-2H3. The fraction of sp³-hybridized carbons (Fsp3) is 0.917. The second kappa shape index (κ2) is 5.15. The molecule has 2 aliphatic heterocycles. The maximum absolute atomic E-state index is 12.1. The van der Waals surface area contributed by atoms with E-state index in [1.54, 1.807) is 0 Å². The second-order valence-electron chi connectivity index (χ2n) is 4.90. The first-order valence-corrected chi connectivity index (χ1v) is 6.33. The average Bonchev–Trinajstić information content (AvgIpc) is 2.74. The van der Waals surface area contributed by atoms with Crippen LogP contribution in [0.2, 0.25) is 0 Å². The molecule has 4 nitrogen and oxygen atoms in total. The molecule has 0 saturated carbocycles. The summed E-state index contributed by atoms with van der Waals surface area (Å²) < 4.78 is 5.53. The van der Waals surface area contributed by atoms with Crippen molar-refractivity contribution in [2.45, 2.75) is 51.3 Å². The number of nitrogens with zero attached hydrogens (tertiary/aromatic N) is 1. The fourth-order valence-electron chi connectivity index (χ4n) is 2.54. The Hall–Kier alpha value is -0.610. The first-order valence-electron chi connectivity index (χ1n) is 6.33. The van der Waals surface area contributed by atoms with Crippen LogP contribution in [0.25, 0.3) is 0 Å². The van der Waals surface area contributed by atoms with Crippen molar-refractivity contribution < 1.29 is 9.53 Å². The topological polar surface area (TPSA) is 41.6 Å². The third kappa shape index (κ3) is 2.55. The van der Waals surface area contributed by atoms with Gasteiger partial charge in [-0.1, -0.05) is 0 Å². The van der Waals surface area contributed by atoms with E-state index in [1.807, 2.05) is 11.8 Å². The maximum Gasteiger partial charge on any atom is 0.224 e. The van der Waals surface area contributed by atoms with E-state index in [0.29, 0.717) is 19.1 Å². The van der Waals surface area contributed by atoms with Gasteiger partial charge in [0.2, 0.25) is 5.91 Å². The molecule has 2 saturated heterocycles. The van der Waals surface area contributed by atoms with Gasteiger partial charge in [0, 0.05) is 19.0 Å². The van der Waals surface area contributed by atoms with Gasteiger partial charge in [-0.15, -0.1) is 0 Å². The molecular formula is C12H22N2O2. The summed E-state index contributed by atoms with van der Waals surface area (Å²) in [6, 6.07) is 0.612. The van der Waals surface area contributed by atoms with Gasteiger partial charge in [0.1, 0.15) is 0 Å². The number of nitrogens with one attached hydrogen (secondary N) is 1. The van der Waals surface area contributed by atoms with E-state index in [-0.39, 0.29) is 18.1 Å². The summed E-state index contributed by atoms with van der Waals surface area (Å²) in [5.41, 5.74) is 0. The van der Waals surface area contributed by atoms with Gasteiger partial charge in [0.05, 0.1) is 18.8 Å². The number of carbonyl (C=O) groups is 1. The number of morpholine rings is 1. The normalized spacial score (nSPS) is 35.4. The molecular weight excluding hydrogens is 204 g/mol. The molecule has 2 heterocycles. The summed E-state index contributed by atoms with van der Waals surface area (Å²) in [6.45, 7) is 6.60. The van der Waals surface area contributed by atoms with Gasteiger partial charge >= 0.3 is 0 Å². The van der Waals surface area contributed by atoms with Crippen LogP contribution in [0.4, 0.5) is 0 Å². The lowest BCUT2D eigenvalue weighted by Crippen LogP contribution is -2.52. The van der Waals surface area contributed by atoms with Crippen LogP contribution in [-0.2, 0) is 9.53 Å². The molecule has 0 aliphatic carbocycles. The summed E-state index contributed by atoms with van der Waals surface area (Å²) in [5.74, 6) is 0.280. The van der Waals surface area contributed by atoms with Crippen molar-refractivity contribution >= 4 is 5.91 Å². The van der Waals surface area contributed by atoms with E-state index in [2.05, 4.69) is 12.2 Å². The van der Waals surface area contributed by atoms with Crippen molar-refractivity contribution in [3.8, 4) is 0 Å². The van der Waals surface area contributed by atoms with Crippen LogP contribution in [0.3, 0.4) is 0 Å². The van der Waals surface area contributed by atoms with Gasteiger partial charge in [0.25, 0.3) is 0 Å². The zero-order valence-corrected chi connectivity index (χ0v) is 10.2. The smallest absolute Gasteiger partial charge is 0.224 e. The molecule has 0 spiro atoms. The summed E-state index contributed by atoms with van der Waals surface area (Å²) in [7, 11) is 0. The molecule has 3 atom stereocenters. The lowest BCUT2D eigenvalue weighted by molar-refractivity contribution is -0.144. The molecule has 0 aromatic rings. The fourth-order valence-corrected chi connectivity index (χ4v) is 2.54. The predicted octanol–water partition coefficient (Wildman–Crippen LogP) is 0.764. The Bertz CT molecular complexity index is 251. The Balaban J connectivity index is 1.87. The molecule has 1 amide bonds. The molecule has 2 fully saturated rings. The molecule has 1 N–H and O–H groups in total. The van der Waals surface area contributed by atoms with Crippen LogP contribution >= 0.6 is 0 Å². The Kier molecular flexibility index (Phi) is 3.82. The molecule has 4 heteroatoms. The monoisotopic (exact) mass is 226 g/mol. The van der Waals surface area contributed by atoms with Crippen molar-refractivity contribution in [1.29, 1.82) is 0 Å². The SMILES string of the molecule is CC1OCCN(C(=O)CC2CCCN2)C1C. The molecule has 0 bridgehead atoms. The van der Waals surface area contributed by atoms with E-state index in [4.69, 9.17) is 4.74 Å². The van der Waals surface area contributed by atoms with Crippen LogP contribution in [-0.4, -0.2) is 48.7 Å². The van der Waals surface area contributed by atoms with E-state index >= 15 is 0 Å². The van der Waals surface area contributed by atoms with Crippen LogP contribution in [0.5, 0.6) is 0 Å². The van der Waals surface area contributed by atoms with E-state index in [1.165, 1.54) is 6.42 Å². The van der Waals surface area contributed by atoms with E-state index < -0.39 is 0 Å². The van der Waals surface area contributed by atoms with Crippen molar-refractivity contribution in [2.75, 3.05) is 19.7 Å². The third-order valence-electron chi connectivity index (χ3n) is 3.79. The Morgan fingerprint density at radius 2 is 2.31 bits per heavy atom. The average molecular weight is 226 g/mol. The number of ether oxygens (including phenoxy) is 1. The Morgan fingerprint density at radius 3 is 3.00 bits per heavy atom. The Morgan fingerprint density at radius 1 is 1.50 bits per heavy atom. The highest BCUT2D eigenvalue weighted by atomic mass is 16.5. The summed E-state index contributed by atoms with van der Waals surface area (Å²) >= 11 is 0. The molecule has 16 heavy (non-hydrogen) atoms. The highest BCUT2D eigenvalue weighted by Gasteiger charge is 2.30. The lowest BCUT2D eigenvalue weighted by atomic mass is 10.1. The van der Waals surface area contributed by atoms with E-state index in [9.17, 15) is 4.79 Å². The van der Waals surface area contributed by atoms with E-state index in [0.717, 1.165) is 19.5 Å². The van der Waals surface area contributed by atoms with Crippen LogP contribution in [0, 0.1) is 0 Å². The minimum atomic E-state index is 0.161. The number of hydrogen-bond donors (Lipinski definition) is 1. The first kappa shape index (κ1) is 11.9. The molecule has 0 radical (unpaired) electrons. The van der Waals surface area contributed by atoms with Crippen LogP contribution in [0.15, 0.2) is 0 Å². The quantitative estimate of drug-likeness (QED) is 0.756. The summed E-state index contributed by atoms with van der Waals surface area (Å²) in [6.07, 6.45) is 3.15. The largest absolute Gasteiger partial charge is 0.375 e. The van der Waals surface area contributed by atoms with Crippen molar-refractivity contribution in [2.24, 2.45) is 0 Å². The summed E-state index contributed by atoms with van der Waals surface area (Å²) in [5, 5.41) is 3.37. The van der Waals surface area contributed by atoms with Gasteiger partial charge in [-0.05, 0) is 33.2 Å². The minimum absolute atomic E-state index is 0.161. The van der Waals surface area contributed by atoms with Crippen molar-refractivity contribution in [3.63, 3.8) is 0 Å². The molecule has 2 rings (SSSR count). The minimum Gasteiger partial charge on any atom is -0.375 e. The number of rotatable bonds is 2. The van der Waals surface area contributed by atoms with Gasteiger partial charge in [-0.25, -0.2) is 0 Å². The predicted molar refractivity (Wildman–Crippen MR) is 62.2 cm³/mol. The molecule has 92 valence electrons. The number of amides is 1. The number of hydrogen-bond acceptors (Lipinski definition) is 3. The highest BCUT2D eigenvalue weighted by Crippen LogP contribution is 2.17. The highest BCUT2D eigenvalue weighted by molar-refractivity contribution is 5.77. The Labute approximate surface area is 97.3 Å². The molecule has 2 aliphatic rings. The third-order valence-corrected chi connectivity index (χ3v) is 3.79. The second-order valence-corrected chi connectivity index (χ2v) is 4.90. The van der Waals surface area contributed by atoms with Gasteiger partial charge in [-0.2, -0.15) is 0 Å². The molecule has 0 aromatic carbocycles. The van der Waals surface area contributed by atoms with Crippen molar-refractivity contribution in [1.82, 2.24) is 10.2 Å². The maximum atomic E-state index is 12.1. The summed E-state index contributed by atoms with van der Waals surface area (Å²) in [4.78, 5) is 14.1. The zero-order valence-electron chi connectivity index (χ0n) is 10.2. The first-order chi connectivity index (χ1) is 7.68. The van der Waals surface area contributed by atoms with Crippen molar-refractivity contribution in [3.05, 3.63) is 0 Å². The lowest BCUT2D eigenvalue weighted by Gasteiger charge is -2.38. The molecule has 0 aromatic heterocycles. The van der Waals surface area contributed by atoms with Gasteiger partial charge < -0.3 is 15.0 Å². The van der Waals surface area contributed by atoms with Crippen LogP contribution < -0.4 is 5.32 Å². The van der Waals surface area contributed by atoms with Gasteiger partial charge in [0.15, 0.2) is 0 Å². The number of carbonyl (C=O) groups excluding carboxylic acids is 1. The van der Waals surface area contributed by atoms with Gasteiger partial charge in [-0.3, -0.25) is 4.79 Å². The molecule has 3 unspecified atom stereocenters. The zero-order chi connectivity index (χ0) is 11.5. The van der Waals surface area contributed by atoms with Crippen LogP contribution in [0.1, 0.15) is 33.1 Å².